The van der Waals surface area contributed by atoms with E-state index in [-0.39, 0.29) is 0 Å². The summed E-state index contributed by atoms with van der Waals surface area (Å²) in [4.78, 5) is 7.72. The number of aliphatic hydroxyl groups is 1. The molecule has 1 heterocycles. The molecule has 0 saturated heterocycles. The van der Waals surface area contributed by atoms with Gasteiger partial charge in [0, 0.05) is 6.20 Å². The number of hydrogen-bond donors (Lipinski definition) is 1. The predicted octanol–water partition coefficient (Wildman–Crippen LogP) is 0.838. The van der Waals surface area contributed by atoms with Crippen molar-refractivity contribution in [1.82, 2.24) is 9.97 Å². The number of aryl methyl sites for hydroxylation is 1. The minimum Gasteiger partial charge on any atom is -0.387 e. The number of rotatable bonds is 1. The van der Waals surface area contributed by atoms with E-state index in [4.69, 9.17) is 5.11 Å². The van der Waals surface area contributed by atoms with Gasteiger partial charge in [-0.2, -0.15) is 0 Å². The van der Waals surface area contributed by atoms with Crippen LogP contribution >= 0.6 is 0 Å². The van der Waals surface area contributed by atoms with Crippen molar-refractivity contribution in [1.29, 1.82) is 0 Å². The third-order valence-corrected chi connectivity index (χ3v) is 1.33. The number of hydrogen-bond acceptors (Lipinski definition) is 3. The Balaban J connectivity index is 3.03. The molecule has 1 atom stereocenters. The molecule has 1 N–H and O–H groups in total. The average Bonchev–Trinajstić information content (AvgIpc) is 1.88. The van der Waals surface area contributed by atoms with Crippen molar-refractivity contribution < 1.29 is 5.11 Å². The lowest BCUT2D eigenvalue weighted by molar-refractivity contribution is 0.193. The first-order valence-electron chi connectivity index (χ1n) is 3.16. The van der Waals surface area contributed by atoms with Gasteiger partial charge in [0.1, 0.15) is 6.33 Å². The number of aliphatic hydroxyl groups excluding tert-OH is 1. The maximum atomic E-state index is 9.11. The van der Waals surface area contributed by atoms with E-state index in [1.807, 2.05) is 6.92 Å². The molecule has 0 aliphatic rings. The molecule has 54 valence electrons. The van der Waals surface area contributed by atoms with Crippen molar-refractivity contribution in [2.45, 2.75) is 20.0 Å². The molecule has 1 unspecified atom stereocenters. The Labute approximate surface area is 59.8 Å². The van der Waals surface area contributed by atoms with E-state index >= 15 is 0 Å². The van der Waals surface area contributed by atoms with Gasteiger partial charge >= 0.3 is 0 Å². The lowest BCUT2D eigenvalue weighted by Crippen LogP contribution is -1.98. The lowest BCUT2D eigenvalue weighted by Gasteiger charge is -2.04. The minimum absolute atomic E-state index is 0.497. The van der Waals surface area contributed by atoms with E-state index in [1.165, 1.54) is 6.33 Å². The highest BCUT2D eigenvalue weighted by Crippen LogP contribution is 2.10. The Morgan fingerprint density at radius 2 is 2.30 bits per heavy atom. The first-order valence-corrected chi connectivity index (χ1v) is 3.16. The Hall–Kier alpha value is -0.960. The molecule has 0 saturated carbocycles. The minimum atomic E-state index is -0.497. The molecule has 0 aliphatic heterocycles. The van der Waals surface area contributed by atoms with Crippen LogP contribution in [-0.2, 0) is 0 Å². The van der Waals surface area contributed by atoms with Gasteiger partial charge in [-0.15, -0.1) is 0 Å². The fourth-order valence-corrected chi connectivity index (χ4v) is 0.846. The average molecular weight is 138 g/mol. The normalized spacial score (nSPS) is 13.1. The molecule has 0 spiro atoms. The van der Waals surface area contributed by atoms with Gasteiger partial charge in [0.05, 0.1) is 11.8 Å². The molecule has 0 bridgehead atoms. The quantitative estimate of drug-likeness (QED) is 0.625. The van der Waals surface area contributed by atoms with E-state index in [0.717, 1.165) is 5.56 Å². The molecule has 1 aromatic heterocycles. The lowest BCUT2D eigenvalue weighted by atomic mass is 10.2. The molecule has 0 amide bonds. The molecule has 10 heavy (non-hydrogen) atoms. The van der Waals surface area contributed by atoms with Gasteiger partial charge in [0.15, 0.2) is 0 Å². The molecule has 0 radical (unpaired) electrons. The molecule has 3 nitrogen and oxygen atoms in total. The summed E-state index contributed by atoms with van der Waals surface area (Å²) in [6.45, 7) is 3.57. The highest BCUT2D eigenvalue weighted by atomic mass is 16.3. The zero-order valence-electron chi connectivity index (χ0n) is 6.07. The monoisotopic (exact) mass is 138 g/mol. The first kappa shape index (κ1) is 7.15. The molecule has 0 fully saturated rings. The van der Waals surface area contributed by atoms with E-state index in [2.05, 4.69) is 9.97 Å². The third kappa shape index (κ3) is 1.30. The molecule has 3 heteroatoms. The summed E-state index contributed by atoms with van der Waals surface area (Å²) in [6, 6.07) is 0. The van der Waals surface area contributed by atoms with Crippen molar-refractivity contribution in [2.75, 3.05) is 0 Å². The van der Waals surface area contributed by atoms with Gasteiger partial charge in [-0.25, -0.2) is 9.97 Å². The molecular formula is C7H10N2O. The highest BCUT2D eigenvalue weighted by Gasteiger charge is 2.03. The van der Waals surface area contributed by atoms with Crippen LogP contribution in [0.1, 0.15) is 24.3 Å². The second kappa shape index (κ2) is 2.75. The van der Waals surface area contributed by atoms with E-state index < -0.39 is 6.10 Å². The van der Waals surface area contributed by atoms with E-state index in [0.29, 0.717) is 5.69 Å². The summed E-state index contributed by atoms with van der Waals surface area (Å²) in [6.07, 6.45) is 2.63. The van der Waals surface area contributed by atoms with Crippen LogP contribution in [0.3, 0.4) is 0 Å². The summed E-state index contributed by atoms with van der Waals surface area (Å²) in [5, 5.41) is 9.11. The van der Waals surface area contributed by atoms with Crippen LogP contribution < -0.4 is 0 Å². The van der Waals surface area contributed by atoms with Crippen molar-refractivity contribution in [3.05, 3.63) is 23.8 Å². The van der Waals surface area contributed by atoms with Crippen LogP contribution in [0.2, 0.25) is 0 Å². The molecular weight excluding hydrogens is 128 g/mol. The zero-order valence-corrected chi connectivity index (χ0v) is 6.07. The van der Waals surface area contributed by atoms with Gasteiger partial charge in [-0.05, 0) is 19.4 Å². The van der Waals surface area contributed by atoms with Crippen molar-refractivity contribution in [2.24, 2.45) is 0 Å². The van der Waals surface area contributed by atoms with Gasteiger partial charge < -0.3 is 5.11 Å². The highest BCUT2D eigenvalue weighted by molar-refractivity contribution is 5.15. The van der Waals surface area contributed by atoms with Gasteiger partial charge in [-0.1, -0.05) is 0 Å². The second-order valence-electron chi connectivity index (χ2n) is 2.27. The summed E-state index contributed by atoms with van der Waals surface area (Å²) < 4.78 is 0. The molecule has 1 aromatic rings. The van der Waals surface area contributed by atoms with Crippen LogP contribution in [0.5, 0.6) is 0 Å². The largest absolute Gasteiger partial charge is 0.387 e. The van der Waals surface area contributed by atoms with Crippen molar-refractivity contribution in [3.63, 3.8) is 0 Å². The fourth-order valence-electron chi connectivity index (χ4n) is 0.846. The first-order chi connectivity index (χ1) is 4.72. The van der Waals surface area contributed by atoms with Gasteiger partial charge in [-0.3, -0.25) is 0 Å². The van der Waals surface area contributed by atoms with Crippen LogP contribution in [0, 0.1) is 6.92 Å². The summed E-state index contributed by atoms with van der Waals surface area (Å²) in [7, 11) is 0. The van der Waals surface area contributed by atoms with Crippen LogP contribution in [-0.4, -0.2) is 15.1 Å². The maximum Gasteiger partial charge on any atom is 0.115 e. The van der Waals surface area contributed by atoms with E-state index in [9.17, 15) is 0 Å². The summed E-state index contributed by atoms with van der Waals surface area (Å²) in [5.41, 5.74) is 1.63. The number of aromatic nitrogens is 2. The van der Waals surface area contributed by atoms with Gasteiger partial charge in [0.25, 0.3) is 0 Å². The summed E-state index contributed by atoms with van der Waals surface area (Å²) >= 11 is 0. The van der Waals surface area contributed by atoms with Crippen LogP contribution in [0.4, 0.5) is 0 Å². The maximum absolute atomic E-state index is 9.11. The SMILES string of the molecule is Cc1cncnc1C(C)O. The fraction of sp³-hybridized carbons (Fsp3) is 0.429. The Morgan fingerprint density at radius 3 is 2.70 bits per heavy atom. The van der Waals surface area contributed by atoms with Crippen LogP contribution in [0.25, 0.3) is 0 Å². The Morgan fingerprint density at radius 1 is 1.60 bits per heavy atom. The third-order valence-electron chi connectivity index (χ3n) is 1.33. The molecule has 0 aliphatic carbocycles. The van der Waals surface area contributed by atoms with Crippen molar-refractivity contribution >= 4 is 0 Å². The Kier molecular flexibility index (Phi) is 1.97. The predicted molar refractivity (Wildman–Crippen MR) is 37.4 cm³/mol. The standard InChI is InChI=1S/C7H10N2O/c1-5-3-8-4-9-7(5)6(2)10/h3-4,6,10H,1-2H3. The molecule has 1 rings (SSSR count). The number of nitrogens with zero attached hydrogens (tertiary/aromatic N) is 2. The smallest absolute Gasteiger partial charge is 0.115 e. The second-order valence-corrected chi connectivity index (χ2v) is 2.27. The zero-order chi connectivity index (χ0) is 7.56. The van der Waals surface area contributed by atoms with Crippen molar-refractivity contribution in [3.8, 4) is 0 Å². The molecule has 0 aromatic carbocycles. The van der Waals surface area contributed by atoms with Gasteiger partial charge in [0.2, 0.25) is 0 Å². The Bertz CT molecular complexity index is 223. The van der Waals surface area contributed by atoms with E-state index in [1.54, 1.807) is 13.1 Å². The topological polar surface area (TPSA) is 46.0 Å². The summed E-state index contributed by atoms with van der Waals surface area (Å²) in [5.74, 6) is 0. The van der Waals surface area contributed by atoms with Crippen LogP contribution in [0.15, 0.2) is 12.5 Å².